The predicted octanol–water partition coefficient (Wildman–Crippen LogP) is 4.99. The van der Waals surface area contributed by atoms with Gasteiger partial charge in [-0.1, -0.05) is 11.6 Å². The second kappa shape index (κ2) is 5.90. The Morgan fingerprint density at radius 3 is 2.79 bits per heavy atom. The zero-order valence-corrected chi connectivity index (χ0v) is 13.1. The van der Waals surface area contributed by atoms with E-state index >= 15 is 0 Å². The van der Waals surface area contributed by atoms with Crippen LogP contribution in [0.3, 0.4) is 0 Å². The van der Waals surface area contributed by atoms with E-state index in [1.165, 1.54) is 17.4 Å². The van der Waals surface area contributed by atoms with Gasteiger partial charge in [0.05, 0.1) is 14.9 Å². The Bertz CT molecular complexity index is 630. The molecule has 0 amide bonds. The summed E-state index contributed by atoms with van der Waals surface area (Å²) in [4.78, 5) is 11.6. The minimum absolute atomic E-state index is 0.106. The van der Waals surface area contributed by atoms with Gasteiger partial charge in [0.15, 0.2) is 0 Å². The number of hydrogen-bond donors (Lipinski definition) is 1. The minimum atomic E-state index is -0.380. The molecule has 0 saturated heterocycles. The molecule has 0 radical (unpaired) electrons. The van der Waals surface area contributed by atoms with Crippen molar-refractivity contribution < 1.29 is 4.92 Å². The van der Waals surface area contributed by atoms with Gasteiger partial charge in [0, 0.05) is 27.5 Å². The molecule has 2 rings (SSSR count). The topological polar surface area (TPSA) is 55.2 Å². The third-order valence-electron chi connectivity index (χ3n) is 2.56. The van der Waals surface area contributed by atoms with Gasteiger partial charge >= 0.3 is 0 Å². The first-order chi connectivity index (χ1) is 8.97. The van der Waals surface area contributed by atoms with Gasteiger partial charge in [-0.3, -0.25) is 10.1 Å². The lowest BCUT2D eigenvalue weighted by atomic mass is 10.2. The van der Waals surface area contributed by atoms with E-state index in [2.05, 4.69) is 21.2 Å². The van der Waals surface area contributed by atoms with Crippen LogP contribution in [-0.4, -0.2) is 4.92 Å². The molecule has 2 aromatic rings. The van der Waals surface area contributed by atoms with Crippen molar-refractivity contribution in [2.24, 2.45) is 0 Å². The summed E-state index contributed by atoms with van der Waals surface area (Å²) in [6, 6.07) is 7.03. The maximum Gasteiger partial charge on any atom is 0.274 e. The smallest absolute Gasteiger partial charge is 0.274 e. The van der Waals surface area contributed by atoms with Crippen LogP contribution >= 0.6 is 38.9 Å². The molecule has 0 spiro atoms. The zero-order valence-electron chi connectivity index (χ0n) is 9.94. The summed E-state index contributed by atoms with van der Waals surface area (Å²) in [5.74, 6) is 0. The highest BCUT2D eigenvalue weighted by Crippen LogP contribution is 2.31. The third-order valence-corrected chi connectivity index (χ3v) is 4.45. The Hall–Kier alpha value is -1.11. The maximum absolute atomic E-state index is 10.9. The molecule has 1 N–H and O–H groups in total. The fourth-order valence-electron chi connectivity index (χ4n) is 1.62. The molecular formula is C12H10BrClN2O2S. The Balaban J connectivity index is 2.20. The number of hydrogen-bond acceptors (Lipinski definition) is 4. The van der Waals surface area contributed by atoms with Crippen LogP contribution < -0.4 is 5.32 Å². The Morgan fingerprint density at radius 1 is 1.47 bits per heavy atom. The summed E-state index contributed by atoms with van der Waals surface area (Å²) in [5.41, 5.74) is 1.43. The van der Waals surface area contributed by atoms with Crippen molar-refractivity contribution >= 4 is 50.2 Å². The first-order valence-corrected chi connectivity index (χ1v) is 7.38. The number of nitro groups is 1. The summed E-state index contributed by atoms with van der Waals surface area (Å²) in [7, 11) is 0. The molecule has 1 heterocycles. The van der Waals surface area contributed by atoms with Gasteiger partial charge in [-0.2, -0.15) is 0 Å². The second-order valence-corrected chi connectivity index (χ2v) is 6.59. The van der Waals surface area contributed by atoms with Crippen LogP contribution in [-0.2, 0) is 6.54 Å². The van der Waals surface area contributed by atoms with Crippen molar-refractivity contribution in [2.75, 3.05) is 5.32 Å². The van der Waals surface area contributed by atoms with Gasteiger partial charge in [-0.15, -0.1) is 11.3 Å². The molecule has 0 aliphatic carbocycles. The molecule has 0 atom stereocenters. The Kier molecular flexibility index (Phi) is 4.44. The quantitative estimate of drug-likeness (QED) is 0.616. The van der Waals surface area contributed by atoms with Crippen LogP contribution in [0.25, 0.3) is 0 Å². The number of halogens is 2. The van der Waals surface area contributed by atoms with Crippen LogP contribution in [0.4, 0.5) is 11.4 Å². The predicted molar refractivity (Wildman–Crippen MR) is 82.2 cm³/mol. The summed E-state index contributed by atoms with van der Waals surface area (Å²) in [6.07, 6.45) is 0. The van der Waals surface area contributed by atoms with E-state index in [1.807, 2.05) is 12.1 Å². The van der Waals surface area contributed by atoms with Crippen molar-refractivity contribution in [3.05, 3.63) is 53.6 Å². The number of thiophene rings is 1. The van der Waals surface area contributed by atoms with E-state index in [9.17, 15) is 10.1 Å². The standard InChI is InChI=1S/C12H10BrClN2O2S/c1-7-4-9(13)10(5-11(7)16(17)18)15-6-8-2-3-12(14)19-8/h2-5,15H,6H2,1H3. The highest BCUT2D eigenvalue weighted by Gasteiger charge is 2.14. The highest BCUT2D eigenvalue weighted by atomic mass is 79.9. The molecule has 100 valence electrons. The van der Waals surface area contributed by atoms with Gasteiger partial charge in [0.25, 0.3) is 5.69 Å². The number of aryl methyl sites for hydroxylation is 1. The van der Waals surface area contributed by atoms with Crippen LogP contribution in [0.15, 0.2) is 28.7 Å². The number of nitrogens with one attached hydrogen (secondary N) is 1. The van der Waals surface area contributed by atoms with E-state index in [1.54, 1.807) is 13.0 Å². The van der Waals surface area contributed by atoms with Crippen molar-refractivity contribution in [1.82, 2.24) is 0 Å². The first kappa shape index (κ1) is 14.3. The largest absolute Gasteiger partial charge is 0.379 e. The summed E-state index contributed by atoms with van der Waals surface area (Å²) in [6.45, 7) is 2.29. The molecular weight excluding hydrogens is 352 g/mol. The molecule has 1 aromatic carbocycles. The number of anilines is 1. The summed E-state index contributed by atoms with van der Waals surface area (Å²) >= 11 is 10.7. The van der Waals surface area contributed by atoms with E-state index in [-0.39, 0.29) is 10.6 Å². The van der Waals surface area contributed by atoms with Gasteiger partial charge in [0.1, 0.15) is 0 Å². The Labute approximate surface area is 127 Å². The minimum Gasteiger partial charge on any atom is -0.379 e. The summed E-state index contributed by atoms with van der Waals surface area (Å²) < 4.78 is 1.53. The van der Waals surface area contributed by atoms with E-state index < -0.39 is 0 Å². The van der Waals surface area contributed by atoms with Gasteiger partial charge in [-0.05, 0) is 41.1 Å². The zero-order chi connectivity index (χ0) is 14.0. The van der Waals surface area contributed by atoms with Crippen LogP contribution in [0.5, 0.6) is 0 Å². The van der Waals surface area contributed by atoms with Gasteiger partial charge < -0.3 is 5.32 Å². The maximum atomic E-state index is 10.9. The molecule has 0 unspecified atom stereocenters. The molecule has 0 bridgehead atoms. The molecule has 4 nitrogen and oxygen atoms in total. The number of nitrogens with zero attached hydrogens (tertiary/aromatic N) is 1. The van der Waals surface area contributed by atoms with Crippen molar-refractivity contribution in [3.63, 3.8) is 0 Å². The average molecular weight is 362 g/mol. The van der Waals surface area contributed by atoms with E-state index in [4.69, 9.17) is 11.6 Å². The summed E-state index contributed by atoms with van der Waals surface area (Å²) in [5, 5.41) is 14.1. The SMILES string of the molecule is Cc1cc(Br)c(NCc2ccc(Cl)s2)cc1[N+](=O)[O-]. The van der Waals surface area contributed by atoms with E-state index in [0.29, 0.717) is 17.8 Å². The molecule has 0 aliphatic heterocycles. The fraction of sp³-hybridized carbons (Fsp3) is 0.167. The van der Waals surface area contributed by atoms with Crippen molar-refractivity contribution in [1.29, 1.82) is 0 Å². The monoisotopic (exact) mass is 360 g/mol. The third kappa shape index (κ3) is 3.46. The van der Waals surface area contributed by atoms with E-state index in [0.717, 1.165) is 13.7 Å². The molecule has 7 heteroatoms. The number of rotatable bonds is 4. The highest BCUT2D eigenvalue weighted by molar-refractivity contribution is 9.10. The number of nitro benzene ring substituents is 1. The fourth-order valence-corrected chi connectivity index (χ4v) is 3.25. The van der Waals surface area contributed by atoms with Gasteiger partial charge in [0.2, 0.25) is 0 Å². The van der Waals surface area contributed by atoms with Crippen molar-refractivity contribution in [3.8, 4) is 0 Å². The van der Waals surface area contributed by atoms with Crippen LogP contribution in [0.1, 0.15) is 10.4 Å². The molecule has 19 heavy (non-hydrogen) atoms. The molecule has 0 fully saturated rings. The van der Waals surface area contributed by atoms with Gasteiger partial charge in [-0.25, -0.2) is 0 Å². The normalized spacial score (nSPS) is 10.5. The first-order valence-electron chi connectivity index (χ1n) is 5.40. The number of benzene rings is 1. The molecule has 0 aliphatic rings. The van der Waals surface area contributed by atoms with Crippen LogP contribution in [0.2, 0.25) is 4.34 Å². The second-order valence-electron chi connectivity index (χ2n) is 3.94. The van der Waals surface area contributed by atoms with Crippen molar-refractivity contribution in [2.45, 2.75) is 13.5 Å². The van der Waals surface area contributed by atoms with Crippen LogP contribution in [0, 0.1) is 17.0 Å². The molecule has 1 aromatic heterocycles. The lowest BCUT2D eigenvalue weighted by molar-refractivity contribution is -0.385. The lowest BCUT2D eigenvalue weighted by Crippen LogP contribution is -2.00. The Morgan fingerprint density at radius 2 is 2.21 bits per heavy atom. The average Bonchev–Trinajstić information content (AvgIpc) is 2.73. The lowest BCUT2D eigenvalue weighted by Gasteiger charge is -2.08. The molecule has 0 saturated carbocycles.